The third-order valence-electron chi connectivity index (χ3n) is 10.3. The van der Waals surface area contributed by atoms with Gasteiger partial charge in [0.15, 0.2) is 11.6 Å². The highest BCUT2D eigenvalue weighted by Crippen LogP contribution is 2.45. The van der Waals surface area contributed by atoms with E-state index < -0.39 is 0 Å². The fourth-order valence-corrected chi connectivity index (χ4v) is 10.2. The summed E-state index contributed by atoms with van der Waals surface area (Å²) in [7, 11) is 0. The topological polar surface area (TPSA) is 64.5 Å². The molecule has 0 aliphatic carbocycles. The molecule has 0 aliphatic rings. The molecule has 4 heterocycles. The second-order valence-corrected chi connectivity index (χ2v) is 15.8. The number of hydrogen-bond donors (Lipinski definition) is 0. The summed E-state index contributed by atoms with van der Waals surface area (Å²) in [5.74, 6) is 1.30. The van der Waals surface area contributed by atoms with Crippen LogP contribution in [-0.2, 0) is 0 Å². The highest BCUT2D eigenvalue weighted by molar-refractivity contribution is 7.26. The van der Waals surface area contributed by atoms with Crippen molar-refractivity contribution < 1.29 is 0 Å². The van der Waals surface area contributed by atoms with Crippen LogP contribution in [-0.4, -0.2) is 24.9 Å². The first-order valence-electron chi connectivity index (χ1n) is 18.4. The number of hydrogen-bond acceptors (Lipinski definition) is 7. The van der Waals surface area contributed by atoms with E-state index in [9.17, 15) is 0 Å². The van der Waals surface area contributed by atoms with Crippen molar-refractivity contribution in [2.24, 2.45) is 0 Å². The van der Waals surface area contributed by atoms with Gasteiger partial charge in [0, 0.05) is 62.6 Å². The number of fused-ring (bicyclic) bond motifs is 6. The average Bonchev–Trinajstić information content (AvgIpc) is 3.86. The molecule has 0 N–H and O–H groups in total. The van der Waals surface area contributed by atoms with Gasteiger partial charge in [0.2, 0.25) is 0 Å². The summed E-state index contributed by atoms with van der Waals surface area (Å²) in [5, 5.41) is 5.11. The molecule has 56 heavy (non-hydrogen) atoms. The van der Waals surface area contributed by atoms with Gasteiger partial charge in [-0.05, 0) is 58.7 Å². The Hall–Kier alpha value is -6.93. The fourth-order valence-electron chi connectivity index (χ4n) is 7.68. The van der Waals surface area contributed by atoms with Crippen LogP contribution in [0.4, 0.5) is 0 Å². The molecular formula is C49H29N5S2. The second kappa shape index (κ2) is 13.4. The van der Waals surface area contributed by atoms with Gasteiger partial charge in [-0.25, -0.2) is 24.9 Å². The second-order valence-electron chi connectivity index (χ2n) is 13.7. The minimum absolute atomic E-state index is 0.631. The largest absolute Gasteiger partial charge is 0.228 e. The van der Waals surface area contributed by atoms with Crippen LogP contribution >= 0.6 is 22.7 Å². The van der Waals surface area contributed by atoms with Crippen LogP contribution in [0, 0.1) is 0 Å². The van der Waals surface area contributed by atoms with E-state index in [-0.39, 0.29) is 0 Å². The van der Waals surface area contributed by atoms with Crippen LogP contribution in [0.3, 0.4) is 0 Å². The van der Waals surface area contributed by atoms with Gasteiger partial charge in [-0.2, -0.15) is 0 Å². The van der Waals surface area contributed by atoms with E-state index in [1.165, 1.54) is 64.1 Å². The maximum absolute atomic E-state index is 5.32. The van der Waals surface area contributed by atoms with Gasteiger partial charge in [-0.1, -0.05) is 127 Å². The molecule has 0 fully saturated rings. The van der Waals surface area contributed by atoms with Crippen LogP contribution in [0.15, 0.2) is 176 Å². The minimum Gasteiger partial charge on any atom is -0.228 e. The Morgan fingerprint density at radius 1 is 0.339 bits per heavy atom. The van der Waals surface area contributed by atoms with Crippen molar-refractivity contribution in [3.63, 3.8) is 0 Å². The Bertz CT molecular complexity index is 3110. The maximum Gasteiger partial charge on any atom is 0.162 e. The van der Waals surface area contributed by atoms with Gasteiger partial charge < -0.3 is 0 Å². The number of thiophene rings is 2. The van der Waals surface area contributed by atoms with E-state index in [0.29, 0.717) is 11.6 Å². The van der Waals surface area contributed by atoms with E-state index >= 15 is 0 Å². The van der Waals surface area contributed by atoms with Crippen molar-refractivity contribution >= 4 is 63.0 Å². The summed E-state index contributed by atoms with van der Waals surface area (Å²) < 4.78 is 5.11. The lowest BCUT2D eigenvalue weighted by atomic mass is 9.94. The predicted octanol–water partition coefficient (Wildman–Crippen LogP) is 13.4. The number of rotatable bonds is 6. The molecule has 0 saturated heterocycles. The van der Waals surface area contributed by atoms with Crippen LogP contribution in [0.1, 0.15) is 0 Å². The van der Waals surface area contributed by atoms with Crippen molar-refractivity contribution in [3.8, 4) is 67.5 Å². The van der Waals surface area contributed by atoms with Crippen LogP contribution < -0.4 is 0 Å². The van der Waals surface area contributed by atoms with E-state index in [2.05, 4.69) is 161 Å². The lowest BCUT2D eigenvalue weighted by Gasteiger charge is -2.14. The Morgan fingerprint density at radius 3 is 1.41 bits per heavy atom. The zero-order valence-electron chi connectivity index (χ0n) is 29.8. The molecule has 11 rings (SSSR count). The van der Waals surface area contributed by atoms with Crippen LogP contribution in [0.5, 0.6) is 0 Å². The molecule has 7 heteroatoms. The third-order valence-corrected chi connectivity index (χ3v) is 12.8. The van der Waals surface area contributed by atoms with E-state index in [0.717, 1.165) is 44.8 Å². The van der Waals surface area contributed by atoms with Crippen LogP contribution in [0.2, 0.25) is 0 Å². The molecule has 0 bridgehead atoms. The summed E-state index contributed by atoms with van der Waals surface area (Å²) in [5.41, 5.74) is 10.2. The smallest absolute Gasteiger partial charge is 0.162 e. The first-order valence-corrected chi connectivity index (χ1v) is 20.0. The summed E-state index contributed by atoms with van der Waals surface area (Å²) in [6.45, 7) is 0. The molecule has 262 valence electrons. The normalized spacial score (nSPS) is 11.6. The van der Waals surface area contributed by atoms with Gasteiger partial charge >= 0.3 is 0 Å². The SMILES string of the molecule is c1ccc(-c2cc(-c3ccc(-c4ncncn4)cc3)nc(-c3cc(-c4cccc5c4sc4ccccc45)cc(-c4cccc5c4sc4ccccc45)c3)n2)cc1. The predicted molar refractivity (Wildman–Crippen MR) is 234 cm³/mol. The maximum atomic E-state index is 5.32. The number of aromatic nitrogens is 5. The molecule has 0 radical (unpaired) electrons. The Balaban J connectivity index is 1.15. The molecule has 11 aromatic rings. The summed E-state index contributed by atoms with van der Waals surface area (Å²) in [6, 6.07) is 58.3. The zero-order valence-corrected chi connectivity index (χ0v) is 31.4. The highest BCUT2D eigenvalue weighted by atomic mass is 32.1. The Labute approximate surface area is 330 Å². The van der Waals surface area contributed by atoms with Crippen molar-refractivity contribution in [1.82, 2.24) is 24.9 Å². The molecule has 0 aliphatic heterocycles. The van der Waals surface area contributed by atoms with E-state index in [4.69, 9.17) is 9.97 Å². The van der Waals surface area contributed by atoms with Crippen molar-refractivity contribution in [2.75, 3.05) is 0 Å². The number of nitrogens with zero attached hydrogens (tertiary/aromatic N) is 5. The molecule has 4 aromatic heterocycles. The lowest BCUT2D eigenvalue weighted by Crippen LogP contribution is -1.97. The third kappa shape index (κ3) is 5.64. The van der Waals surface area contributed by atoms with Crippen molar-refractivity contribution in [2.45, 2.75) is 0 Å². The van der Waals surface area contributed by atoms with Gasteiger partial charge in [0.25, 0.3) is 0 Å². The highest BCUT2D eigenvalue weighted by Gasteiger charge is 2.18. The zero-order chi connectivity index (χ0) is 37.0. The standard InChI is InChI=1S/C49H29N5S2/c1-2-10-30(11-3-1)42-27-43(31-20-22-32(23-21-31)48-51-28-50-29-52-48)54-49(53-42)35-25-33(36-14-8-16-40-38-12-4-6-18-44(38)55-46(36)40)24-34(26-35)37-15-9-17-41-39-13-5-7-19-45(39)56-47(37)41/h1-29H. The van der Waals surface area contributed by atoms with Crippen molar-refractivity contribution in [1.29, 1.82) is 0 Å². The average molecular weight is 752 g/mol. The van der Waals surface area contributed by atoms with E-state index in [1.54, 1.807) is 0 Å². The molecule has 0 spiro atoms. The summed E-state index contributed by atoms with van der Waals surface area (Å²) >= 11 is 3.70. The Morgan fingerprint density at radius 2 is 0.821 bits per heavy atom. The first kappa shape index (κ1) is 32.5. The van der Waals surface area contributed by atoms with Gasteiger partial charge in [0.05, 0.1) is 11.4 Å². The molecule has 0 atom stereocenters. The Kier molecular flexibility index (Phi) is 7.79. The van der Waals surface area contributed by atoms with Crippen LogP contribution in [0.25, 0.3) is 108 Å². The minimum atomic E-state index is 0.631. The fraction of sp³-hybridized carbons (Fsp3) is 0. The molecule has 5 nitrogen and oxygen atoms in total. The molecule has 7 aromatic carbocycles. The molecule has 0 saturated carbocycles. The lowest BCUT2D eigenvalue weighted by molar-refractivity contribution is 1.06. The first-order chi connectivity index (χ1) is 27.7. The van der Waals surface area contributed by atoms with Gasteiger partial charge in [-0.15, -0.1) is 22.7 Å². The van der Waals surface area contributed by atoms with Gasteiger partial charge in [-0.3, -0.25) is 0 Å². The molecule has 0 unspecified atom stereocenters. The van der Waals surface area contributed by atoms with E-state index in [1.807, 2.05) is 40.9 Å². The van der Waals surface area contributed by atoms with Gasteiger partial charge in [0.1, 0.15) is 12.7 Å². The molecular weight excluding hydrogens is 723 g/mol. The monoisotopic (exact) mass is 751 g/mol. The molecule has 0 amide bonds. The number of benzene rings is 7. The van der Waals surface area contributed by atoms with Crippen molar-refractivity contribution in [3.05, 3.63) is 176 Å². The quantitative estimate of drug-likeness (QED) is 0.169. The summed E-state index contributed by atoms with van der Waals surface area (Å²) in [4.78, 5) is 23.3. The summed E-state index contributed by atoms with van der Waals surface area (Å²) in [6.07, 6.45) is 3.04.